The van der Waals surface area contributed by atoms with Crippen molar-refractivity contribution < 1.29 is 38.1 Å². The molecule has 0 bridgehead atoms. The van der Waals surface area contributed by atoms with E-state index in [-0.39, 0.29) is 200 Å². The number of alkyl carbamates (subject to hydrolysis) is 1. The maximum absolute atomic E-state index is 14.5. The van der Waals surface area contributed by atoms with Crippen molar-refractivity contribution in [1.82, 2.24) is 53.2 Å². The first-order chi connectivity index (χ1) is 44.7. The van der Waals surface area contributed by atoms with E-state index in [1.807, 2.05) is 0 Å². The molecule has 0 radical (unpaired) electrons. The fraction of sp³-hybridized carbons (Fsp3) is 0.915. The van der Waals surface area contributed by atoms with E-state index >= 15 is 0 Å². The van der Waals surface area contributed by atoms with Crippen LogP contribution in [0.25, 0.3) is 0 Å². The zero-order valence-electron chi connectivity index (χ0n) is 62.6. The zero-order chi connectivity index (χ0) is 66.4. The molecule has 3 saturated carbocycles. The second-order valence-electron chi connectivity index (χ2n) is 28.5. The topological polar surface area (TPSA) is 304 Å². The van der Waals surface area contributed by atoms with Gasteiger partial charge in [-0.3, -0.25) is 14.4 Å². The fourth-order valence-corrected chi connectivity index (χ4v) is 15.2. The summed E-state index contributed by atoms with van der Waals surface area (Å²) in [5, 5.41) is 32.9. The average molecular weight is 1630 g/mol. The number of hydrogen-bond acceptors (Lipinski definition) is 17. The maximum atomic E-state index is 14.5. The van der Waals surface area contributed by atoms with Crippen molar-refractivity contribution in [3.05, 3.63) is 11.6 Å². The summed E-state index contributed by atoms with van der Waals surface area (Å²) in [6.45, 7) is 27.3. The van der Waals surface area contributed by atoms with Crippen LogP contribution in [0.4, 0.5) is 4.79 Å². The summed E-state index contributed by atoms with van der Waals surface area (Å²) in [5.41, 5.74) is 17.4. The van der Waals surface area contributed by atoms with Gasteiger partial charge in [0.15, 0.2) is 0 Å². The summed E-state index contributed by atoms with van der Waals surface area (Å²) in [5.74, 6) is 4.06. The number of allylic oxidation sites excluding steroid dienone is 1. The molecule has 8 atom stereocenters. The molecule has 4 rings (SSSR count). The smallest absolute Gasteiger partial charge is 0.408 e. The molecular weight excluding hydrogens is 1480 g/mol. The molecule has 0 aromatic carbocycles. The number of carbonyl (C=O) groups is 4. The predicted octanol–water partition coefficient (Wildman–Crippen LogP) is 10.3. The number of nitrogens with one attached hydrogen (secondary N) is 10. The summed E-state index contributed by atoms with van der Waals surface area (Å²) < 4.78 is 25.3. The Bertz CT molecular complexity index is 1900. The van der Waals surface area contributed by atoms with Crippen LogP contribution in [0, 0.1) is 46.3 Å². The van der Waals surface area contributed by atoms with E-state index in [2.05, 4.69) is 93.9 Å². The molecule has 0 saturated heterocycles. The van der Waals surface area contributed by atoms with Gasteiger partial charge in [-0.05, 0) is 267 Å². The van der Waals surface area contributed by atoms with Gasteiger partial charge in [0, 0.05) is 45.3 Å². The molecule has 0 spiro atoms. The Kier molecular flexibility index (Phi) is 75.9. The van der Waals surface area contributed by atoms with Crippen molar-refractivity contribution in [2.75, 3.05) is 157 Å². The SMILES string of the molecule is CC(C)CCC[C@@H](C)[C@H]1CC[C@H]2[C@@H]3CC=C4C[C@@H](OC(=O)NC(COCCC(=O)NCCCNCCCCNCCCN)(COCCC(=O)NCCCNCCCCNCCCN)COCCC(=O)NCCCNCCCCNCCCN)CC[C@]4(C)[C@H]3CC[C@]12C.Cl.Cl.Cl.Cl.Cl.Cl.Cl.Cl.Cl. The molecule has 101 heavy (non-hydrogen) atoms. The van der Waals surface area contributed by atoms with E-state index in [0.29, 0.717) is 62.9 Å². The molecule has 0 unspecified atom stereocenters. The third-order valence-corrected chi connectivity index (χ3v) is 20.6. The highest BCUT2D eigenvalue weighted by Gasteiger charge is 2.59. The van der Waals surface area contributed by atoms with Gasteiger partial charge in [0.1, 0.15) is 11.6 Å². The Labute approximate surface area is 668 Å². The lowest BCUT2D eigenvalue weighted by Crippen LogP contribution is -2.59. The predicted molar refractivity (Wildman–Crippen MR) is 440 cm³/mol. The van der Waals surface area contributed by atoms with E-state index in [1.54, 1.807) is 0 Å². The van der Waals surface area contributed by atoms with Crippen molar-refractivity contribution in [3.8, 4) is 0 Å². The number of carbonyl (C=O) groups excluding carboxylic acids is 4. The van der Waals surface area contributed by atoms with Gasteiger partial charge in [-0.1, -0.05) is 65.5 Å². The molecular formula is C71H148Cl9N13O8. The molecule has 30 heteroatoms. The summed E-state index contributed by atoms with van der Waals surface area (Å²) in [4.78, 5) is 53.8. The Morgan fingerprint density at radius 2 is 0.861 bits per heavy atom. The summed E-state index contributed by atoms with van der Waals surface area (Å²) in [6, 6.07) is 0. The lowest BCUT2D eigenvalue weighted by Gasteiger charge is -2.58. The lowest BCUT2D eigenvalue weighted by molar-refractivity contribution is -0.122. The normalized spacial score (nSPS) is 20.3. The number of rotatable bonds is 58. The number of unbranched alkanes of at least 4 members (excludes halogenated alkanes) is 3. The molecule has 0 aromatic heterocycles. The van der Waals surface area contributed by atoms with Crippen LogP contribution in [0.5, 0.6) is 0 Å². The number of hydrogen-bond donors (Lipinski definition) is 13. The minimum absolute atomic E-state index is 0. The van der Waals surface area contributed by atoms with Gasteiger partial charge >= 0.3 is 6.09 Å². The molecule has 4 amide bonds. The van der Waals surface area contributed by atoms with Crippen LogP contribution < -0.4 is 70.4 Å². The van der Waals surface area contributed by atoms with Crippen LogP contribution in [0.15, 0.2) is 11.6 Å². The van der Waals surface area contributed by atoms with E-state index in [0.717, 1.165) is 199 Å². The van der Waals surface area contributed by atoms with Crippen molar-refractivity contribution in [3.63, 3.8) is 0 Å². The molecule has 3 fully saturated rings. The second kappa shape index (κ2) is 68.8. The average Bonchev–Trinajstić information content (AvgIpc) is 1.66. The summed E-state index contributed by atoms with van der Waals surface area (Å²) in [6.07, 6.45) is 26.8. The van der Waals surface area contributed by atoms with Gasteiger partial charge in [0.05, 0.1) is 39.6 Å². The van der Waals surface area contributed by atoms with Crippen LogP contribution in [0.3, 0.4) is 0 Å². The third kappa shape index (κ3) is 46.6. The number of nitrogens with two attached hydrogens (primary N) is 3. The fourth-order valence-electron chi connectivity index (χ4n) is 15.2. The summed E-state index contributed by atoms with van der Waals surface area (Å²) in [7, 11) is 0. The Morgan fingerprint density at radius 1 is 0.475 bits per heavy atom. The summed E-state index contributed by atoms with van der Waals surface area (Å²) >= 11 is 0. The van der Waals surface area contributed by atoms with E-state index in [4.69, 9.17) is 36.1 Å². The number of amides is 4. The first kappa shape index (κ1) is 111. The van der Waals surface area contributed by atoms with Crippen LogP contribution in [-0.2, 0) is 33.3 Å². The standard InChI is InChI=1S/C71H139N13O8.9ClH/c1-57(2)19-12-20-58(3)62-23-24-63-61-22-21-59-53-60(25-30-69(59,4)64(61)26-31-70(62,63)5)92-68(88)84-71(54-89-50-27-65(85)81-47-16-44-78-38-9-6-35-75-41-13-32-72,55-90-51-28-66(86)82-48-17-45-79-39-10-7-36-76-42-14-33-73)56-91-52-29-67(87)83-49-18-46-80-40-11-8-37-77-43-15-34-74;;;;;;;;;/h21,57-58,60-64,75-80H,6-20,22-56,72-74H2,1-5H3,(H,81,85)(H,82,86)(H,83,87)(H,84,88);9*1H/t58-,60+,61+,62-,63+,64+,69+,70-;;;;;;;;;/m1........./s1. The number of ether oxygens (including phenoxy) is 4. The minimum Gasteiger partial charge on any atom is -0.446 e. The number of fused-ring (bicyclic) bond motifs is 5. The largest absolute Gasteiger partial charge is 0.446 e. The van der Waals surface area contributed by atoms with Gasteiger partial charge in [-0.2, -0.15) is 0 Å². The first-order valence-electron chi connectivity index (χ1n) is 37.3. The lowest BCUT2D eigenvalue weighted by atomic mass is 9.47. The van der Waals surface area contributed by atoms with Crippen LogP contribution in [-0.4, -0.2) is 193 Å². The molecule has 4 aliphatic carbocycles. The highest BCUT2D eigenvalue weighted by molar-refractivity contribution is 5.86. The van der Waals surface area contributed by atoms with Crippen molar-refractivity contribution in [2.45, 2.75) is 213 Å². The van der Waals surface area contributed by atoms with Gasteiger partial charge < -0.3 is 89.3 Å². The molecule has 21 nitrogen and oxygen atoms in total. The second-order valence-corrected chi connectivity index (χ2v) is 28.5. The van der Waals surface area contributed by atoms with Gasteiger partial charge in [0.25, 0.3) is 0 Å². The van der Waals surface area contributed by atoms with Crippen LogP contribution >= 0.6 is 112 Å². The van der Waals surface area contributed by atoms with Gasteiger partial charge in [0.2, 0.25) is 17.7 Å². The van der Waals surface area contributed by atoms with E-state index in [9.17, 15) is 19.2 Å². The van der Waals surface area contributed by atoms with Crippen molar-refractivity contribution >= 4 is 135 Å². The first-order valence-corrected chi connectivity index (χ1v) is 37.3. The Morgan fingerprint density at radius 3 is 1.25 bits per heavy atom. The van der Waals surface area contributed by atoms with E-state index in [1.165, 1.54) is 50.5 Å². The molecule has 16 N–H and O–H groups in total. The van der Waals surface area contributed by atoms with Gasteiger partial charge in [-0.25, -0.2) is 4.79 Å². The molecule has 0 heterocycles. The Hall–Kier alpha value is -0.450. The molecule has 608 valence electrons. The van der Waals surface area contributed by atoms with Crippen LogP contribution in [0.1, 0.15) is 202 Å². The van der Waals surface area contributed by atoms with Gasteiger partial charge in [-0.15, -0.1) is 112 Å². The monoisotopic (exact) mass is 1630 g/mol. The highest BCUT2D eigenvalue weighted by Crippen LogP contribution is 2.67. The molecule has 0 aromatic rings. The van der Waals surface area contributed by atoms with E-state index < -0.39 is 11.6 Å². The number of halogens is 9. The molecule has 4 aliphatic rings. The third-order valence-electron chi connectivity index (χ3n) is 20.6. The Balaban J connectivity index is -0.00000251. The molecule has 0 aliphatic heterocycles. The maximum Gasteiger partial charge on any atom is 0.408 e. The van der Waals surface area contributed by atoms with Crippen molar-refractivity contribution in [2.24, 2.45) is 63.5 Å². The highest BCUT2D eigenvalue weighted by atomic mass is 35.5. The quantitative estimate of drug-likeness (QED) is 0.0199. The van der Waals surface area contributed by atoms with Crippen LogP contribution in [0.2, 0.25) is 0 Å². The van der Waals surface area contributed by atoms with Crippen molar-refractivity contribution in [1.29, 1.82) is 0 Å². The minimum atomic E-state index is -1.29. The zero-order valence-corrected chi connectivity index (χ0v) is 70.0.